The van der Waals surface area contributed by atoms with Crippen molar-refractivity contribution >= 4 is 18.3 Å². The van der Waals surface area contributed by atoms with Crippen LogP contribution in [0.25, 0.3) is 0 Å². The standard InChI is InChI=1S/C27H32N2O2.ClH/c1-20-15-17-29(18-16-20)24(25-14-13-21(2)31-25)19-28-27(30)26(22-9-5-3-6-10-22)23-11-7-4-8-12-23;/h3-14,20,24,26H,15-19H2,1-2H3,(H,28,30);1H. The Bertz CT molecular complexity index is 926. The molecule has 1 aliphatic heterocycles. The quantitative estimate of drug-likeness (QED) is 0.497. The van der Waals surface area contributed by atoms with Gasteiger partial charge in [-0.05, 0) is 62.0 Å². The van der Waals surface area contributed by atoms with E-state index in [0.717, 1.165) is 41.7 Å². The summed E-state index contributed by atoms with van der Waals surface area (Å²) < 4.78 is 5.99. The van der Waals surface area contributed by atoms with Gasteiger partial charge in [0.1, 0.15) is 11.5 Å². The van der Waals surface area contributed by atoms with Gasteiger partial charge in [-0.25, -0.2) is 0 Å². The van der Waals surface area contributed by atoms with E-state index in [1.165, 1.54) is 12.8 Å². The van der Waals surface area contributed by atoms with Crippen LogP contribution < -0.4 is 5.32 Å². The molecule has 1 N–H and O–H groups in total. The van der Waals surface area contributed by atoms with Crippen LogP contribution in [0.15, 0.2) is 77.2 Å². The summed E-state index contributed by atoms with van der Waals surface area (Å²) in [6, 6.07) is 24.1. The summed E-state index contributed by atoms with van der Waals surface area (Å²) in [5.41, 5.74) is 2.01. The third kappa shape index (κ3) is 5.81. The number of furan rings is 1. The number of carbonyl (C=O) groups is 1. The summed E-state index contributed by atoms with van der Waals surface area (Å²) in [7, 11) is 0. The normalized spacial score (nSPS) is 15.8. The van der Waals surface area contributed by atoms with Gasteiger partial charge in [-0.1, -0.05) is 67.6 Å². The van der Waals surface area contributed by atoms with E-state index < -0.39 is 0 Å². The van der Waals surface area contributed by atoms with Gasteiger partial charge in [0.05, 0.1) is 12.0 Å². The van der Waals surface area contributed by atoms with Gasteiger partial charge < -0.3 is 9.73 Å². The number of carbonyl (C=O) groups excluding carboxylic acids is 1. The first kappa shape index (κ1) is 24.1. The molecular weight excluding hydrogens is 420 g/mol. The molecule has 0 spiro atoms. The first-order valence-electron chi connectivity index (χ1n) is 11.3. The number of amides is 1. The van der Waals surface area contributed by atoms with Gasteiger partial charge in [-0.3, -0.25) is 9.69 Å². The number of hydrogen-bond acceptors (Lipinski definition) is 3. The highest BCUT2D eigenvalue weighted by atomic mass is 35.5. The average Bonchev–Trinajstić information content (AvgIpc) is 3.23. The maximum absolute atomic E-state index is 13.5. The number of aryl methyl sites for hydroxylation is 1. The van der Waals surface area contributed by atoms with Gasteiger partial charge in [0, 0.05) is 6.54 Å². The van der Waals surface area contributed by atoms with Crippen LogP contribution in [0.3, 0.4) is 0 Å². The zero-order valence-corrected chi connectivity index (χ0v) is 19.7. The minimum absolute atomic E-state index is 0. The predicted octanol–water partition coefficient (Wildman–Crippen LogP) is 5.73. The molecule has 0 saturated carbocycles. The van der Waals surface area contributed by atoms with Crippen molar-refractivity contribution < 1.29 is 9.21 Å². The van der Waals surface area contributed by atoms with Crippen molar-refractivity contribution in [1.82, 2.24) is 10.2 Å². The lowest BCUT2D eigenvalue weighted by molar-refractivity contribution is -0.122. The minimum Gasteiger partial charge on any atom is -0.465 e. The first-order chi connectivity index (χ1) is 15.1. The van der Waals surface area contributed by atoms with Gasteiger partial charge in [-0.2, -0.15) is 0 Å². The fourth-order valence-electron chi connectivity index (χ4n) is 4.47. The van der Waals surface area contributed by atoms with Crippen LogP contribution in [-0.4, -0.2) is 30.4 Å². The summed E-state index contributed by atoms with van der Waals surface area (Å²) in [6.45, 7) is 6.88. The largest absolute Gasteiger partial charge is 0.465 e. The highest BCUT2D eigenvalue weighted by Gasteiger charge is 2.29. The lowest BCUT2D eigenvalue weighted by atomic mass is 9.90. The van der Waals surface area contributed by atoms with Crippen LogP contribution in [-0.2, 0) is 4.79 Å². The van der Waals surface area contributed by atoms with E-state index >= 15 is 0 Å². The van der Waals surface area contributed by atoms with Crippen molar-refractivity contribution in [3.63, 3.8) is 0 Å². The zero-order chi connectivity index (χ0) is 21.6. The van der Waals surface area contributed by atoms with Crippen molar-refractivity contribution in [2.75, 3.05) is 19.6 Å². The molecule has 4 nitrogen and oxygen atoms in total. The van der Waals surface area contributed by atoms with E-state index in [4.69, 9.17) is 4.42 Å². The fourth-order valence-corrected chi connectivity index (χ4v) is 4.47. The Morgan fingerprint density at radius 1 is 0.969 bits per heavy atom. The van der Waals surface area contributed by atoms with Gasteiger partial charge in [0.2, 0.25) is 5.91 Å². The number of halogens is 1. The maximum atomic E-state index is 13.5. The minimum atomic E-state index is -0.331. The van der Waals surface area contributed by atoms with E-state index in [-0.39, 0.29) is 30.3 Å². The van der Waals surface area contributed by atoms with Gasteiger partial charge in [-0.15, -0.1) is 12.4 Å². The van der Waals surface area contributed by atoms with E-state index in [1.807, 2.05) is 73.7 Å². The first-order valence-corrected chi connectivity index (χ1v) is 11.3. The maximum Gasteiger partial charge on any atom is 0.232 e. The number of hydrogen-bond donors (Lipinski definition) is 1. The van der Waals surface area contributed by atoms with E-state index in [0.29, 0.717) is 6.54 Å². The number of piperidine rings is 1. The van der Waals surface area contributed by atoms with Crippen molar-refractivity contribution in [3.05, 3.63) is 95.4 Å². The van der Waals surface area contributed by atoms with Crippen LogP contribution in [0.4, 0.5) is 0 Å². The molecule has 2 aromatic carbocycles. The highest BCUT2D eigenvalue weighted by Crippen LogP contribution is 2.29. The van der Waals surface area contributed by atoms with E-state index in [9.17, 15) is 4.79 Å². The smallest absolute Gasteiger partial charge is 0.232 e. The second-order valence-corrected chi connectivity index (χ2v) is 8.68. The molecule has 3 aromatic rings. The van der Waals surface area contributed by atoms with Gasteiger partial charge >= 0.3 is 0 Å². The van der Waals surface area contributed by atoms with E-state index in [1.54, 1.807) is 0 Å². The summed E-state index contributed by atoms with van der Waals surface area (Å²) >= 11 is 0. The number of nitrogens with zero attached hydrogens (tertiary/aromatic N) is 1. The monoisotopic (exact) mass is 452 g/mol. The summed E-state index contributed by atoms with van der Waals surface area (Å²) in [5, 5.41) is 3.26. The molecule has 1 aromatic heterocycles. The van der Waals surface area contributed by atoms with Crippen LogP contribution in [0.2, 0.25) is 0 Å². The van der Waals surface area contributed by atoms with Crippen molar-refractivity contribution in [1.29, 1.82) is 0 Å². The zero-order valence-electron chi connectivity index (χ0n) is 18.9. The Morgan fingerprint density at radius 3 is 2.03 bits per heavy atom. The molecule has 1 atom stereocenters. The molecule has 4 rings (SSSR count). The van der Waals surface area contributed by atoms with Crippen molar-refractivity contribution in [3.8, 4) is 0 Å². The van der Waals surface area contributed by atoms with Gasteiger partial charge in [0.25, 0.3) is 0 Å². The average molecular weight is 453 g/mol. The van der Waals surface area contributed by atoms with Crippen LogP contribution in [0.5, 0.6) is 0 Å². The third-order valence-corrected chi connectivity index (χ3v) is 6.35. The number of likely N-dealkylation sites (tertiary alicyclic amines) is 1. The molecule has 1 fully saturated rings. The topological polar surface area (TPSA) is 45.5 Å². The molecule has 1 aliphatic rings. The van der Waals surface area contributed by atoms with Crippen molar-refractivity contribution in [2.45, 2.75) is 38.6 Å². The fraction of sp³-hybridized carbons (Fsp3) is 0.370. The van der Waals surface area contributed by atoms with Crippen LogP contribution in [0, 0.1) is 12.8 Å². The Morgan fingerprint density at radius 2 is 1.53 bits per heavy atom. The van der Waals surface area contributed by atoms with Crippen LogP contribution in [0.1, 0.15) is 54.4 Å². The lowest BCUT2D eigenvalue weighted by Crippen LogP contribution is -2.42. The Labute approximate surface area is 197 Å². The Kier molecular flexibility index (Phi) is 8.54. The molecule has 32 heavy (non-hydrogen) atoms. The number of benzene rings is 2. The number of nitrogens with one attached hydrogen (secondary N) is 1. The third-order valence-electron chi connectivity index (χ3n) is 6.35. The van der Waals surface area contributed by atoms with E-state index in [2.05, 4.69) is 23.2 Å². The Hall–Kier alpha value is -2.56. The predicted molar refractivity (Wildman–Crippen MR) is 131 cm³/mol. The summed E-state index contributed by atoms with van der Waals surface area (Å²) in [5.74, 6) is 2.29. The molecular formula is C27H33ClN2O2. The second-order valence-electron chi connectivity index (χ2n) is 8.68. The SMILES string of the molecule is Cc1ccc(C(CNC(=O)C(c2ccccc2)c2ccccc2)N2CCC(C)CC2)o1.Cl. The molecule has 1 unspecified atom stereocenters. The molecule has 0 radical (unpaired) electrons. The summed E-state index contributed by atoms with van der Waals surface area (Å²) in [6.07, 6.45) is 2.36. The molecule has 1 amide bonds. The Balaban J connectivity index is 0.00000289. The molecule has 2 heterocycles. The van der Waals surface area contributed by atoms with Gasteiger partial charge in [0.15, 0.2) is 0 Å². The summed E-state index contributed by atoms with van der Waals surface area (Å²) in [4.78, 5) is 15.9. The molecule has 1 saturated heterocycles. The van der Waals surface area contributed by atoms with Crippen LogP contribution >= 0.6 is 12.4 Å². The van der Waals surface area contributed by atoms with Crippen molar-refractivity contribution in [2.24, 2.45) is 5.92 Å². The number of rotatable bonds is 7. The highest BCUT2D eigenvalue weighted by molar-refractivity contribution is 5.87. The molecule has 5 heteroatoms. The molecule has 0 bridgehead atoms. The second kappa shape index (κ2) is 11.3. The molecule has 0 aliphatic carbocycles. The molecule has 170 valence electrons. The lowest BCUT2D eigenvalue weighted by Gasteiger charge is -2.36.